The van der Waals surface area contributed by atoms with Crippen molar-refractivity contribution in [2.45, 2.75) is 25.9 Å². The van der Waals surface area contributed by atoms with Crippen LogP contribution in [0.3, 0.4) is 0 Å². The van der Waals surface area contributed by atoms with Gasteiger partial charge in [-0.3, -0.25) is 0 Å². The molecule has 10 heteroatoms. The Bertz CT molecular complexity index is 855. The summed E-state index contributed by atoms with van der Waals surface area (Å²) in [5.41, 5.74) is 16.1. The molecule has 0 saturated carbocycles. The van der Waals surface area contributed by atoms with Crippen LogP contribution in [0.15, 0.2) is 59.3 Å². The fourth-order valence-electron chi connectivity index (χ4n) is 2.78. The molecule has 0 aliphatic carbocycles. The first kappa shape index (κ1) is 20.9. The van der Waals surface area contributed by atoms with E-state index in [0.29, 0.717) is 38.1 Å². The largest absolute Gasteiger partial charge is 0.370 e. The van der Waals surface area contributed by atoms with Crippen LogP contribution in [-0.4, -0.2) is 44.9 Å². The molecule has 0 unspecified atom stereocenters. The second-order valence-corrected chi connectivity index (χ2v) is 6.73. The fourth-order valence-corrected chi connectivity index (χ4v) is 2.78. The highest BCUT2D eigenvalue weighted by Crippen LogP contribution is 2.08. The second kappa shape index (κ2) is 11.2. The number of hydrogen-bond donors (Lipinski definition) is 6. The minimum atomic E-state index is 0.420. The molecule has 10 nitrogen and oxygen atoms in total. The number of guanidine groups is 2. The zero-order valence-electron chi connectivity index (χ0n) is 16.8. The summed E-state index contributed by atoms with van der Waals surface area (Å²) < 4.78 is 0. The van der Waals surface area contributed by atoms with Gasteiger partial charge in [-0.1, -0.05) is 24.3 Å². The van der Waals surface area contributed by atoms with Crippen molar-refractivity contribution in [2.75, 3.05) is 13.1 Å². The summed E-state index contributed by atoms with van der Waals surface area (Å²) in [6.07, 6.45) is 8.53. The van der Waals surface area contributed by atoms with Gasteiger partial charge in [0.15, 0.2) is 11.9 Å². The van der Waals surface area contributed by atoms with E-state index in [9.17, 15) is 0 Å². The Hall–Kier alpha value is -3.82. The summed E-state index contributed by atoms with van der Waals surface area (Å²) in [4.78, 5) is 22.9. The number of aromatic amines is 2. The number of nitrogens with zero attached hydrogens (tertiary/aromatic N) is 4. The van der Waals surface area contributed by atoms with Crippen LogP contribution in [0.5, 0.6) is 0 Å². The van der Waals surface area contributed by atoms with Crippen LogP contribution in [0.2, 0.25) is 0 Å². The maximum absolute atomic E-state index is 5.94. The van der Waals surface area contributed by atoms with Crippen LogP contribution in [0.1, 0.15) is 22.5 Å². The van der Waals surface area contributed by atoms with E-state index >= 15 is 0 Å². The molecule has 0 aliphatic heterocycles. The first-order valence-electron chi connectivity index (χ1n) is 9.79. The number of rotatable bonds is 10. The van der Waals surface area contributed by atoms with Crippen molar-refractivity contribution in [1.82, 2.24) is 30.6 Å². The average Bonchev–Trinajstić information content (AvgIpc) is 3.45. The Labute approximate surface area is 175 Å². The quantitative estimate of drug-likeness (QED) is 0.211. The number of nitrogens with one attached hydrogen (secondary N) is 4. The van der Waals surface area contributed by atoms with Gasteiger partial charge in [0.25, 0.3) is 0 Å². The van der Waals surface area contributed by atoms with Gasteiger partial charge in [-0.25, -0.2) is 20.0 Å². The molecule has 0 radical (unpaired) electrons. The van der Waals surface area contributed by atoms with Crippen molar-refractivity contribution in [1.29, 1.82) is 0 Å². The summed E-state index contributed by atoms with van der Waals surface area (Å²) >= 11 is 0. The SMILES string of the molecule is NC(=NCc1cccc(CN=C(N)NCCc2cnc[nH]2)c1)NCCc1cnc[nH]1. The molecule has 8 N–H and O–H groups in total. The topological polar surface area (TPSA) is 158 Å². The highest BCUT2D eigenvalue weighted by atomic mass is 15.1. The number of nitrogens with two attached hydrogens (primary N) is 2. The Kier molecular flexibility index (Phi) is 7.84. The lowest BCUT2D eigenvalue weighted by atomic mass is 10.1. The highest BCUT2D eigenvalue weighted by Gasteiger charge is 1.99. The molecular formula is C20H28N10. The van der Waals surface area contributed by atoms with E-state index in [1.807, 2.05) is 18.2 Å². The van der Waals surface area contributed by atoms with Gasteiger partial charge in [-0.2, -0.15) is 0 Å². The third kappa shape index (κ3) is 7.30. The maximum atomic E-state index is 5.94. The van der Waals surface area contributed by atoms with E-state index in [1.165, 1.54) is 0 Å². The molecule has 3 rings (SSSR count). The summed E-state index contributed by atoms with van der Waals surface area (Å²) in [6.45, 7) is 2.38. The van der Waals surface area contributed by atoms with Crippen LogP contribution < -0.4 is 22.1 Å². The third-order valence-corrected chi connectivity index (χ3v) is 4.37. The number of aromatic nitrogens is 4. The van der Waals surface area contributed by atoms with Gasteiger partial charge in [-0.15, -0.1) is 0 Å². The third-order valence-electron chi connectivity index (χ3n) is 4.37. The van der Waals surface area contributed by atoms with Gasteiger partial charge < -0.3 is 32.1 Å². The number of aliphatic imine (C=N–C) groups is 2. The van der Waals surface area contributed by atoms with E-state index in [0.717, 1.165) is 35.4 Å². The van der Waals surface area contributed by atoms with Crippen molar-refractivity contribution >= 4 is 11.9 Å². The van der Waals surface area contributed by atoms with E-state index in [4.69, 9.17) is 11.5 Å². The Morgan fingerprint density at radius 1 is 0.833 bits per heavy atom. The zero-order chi connectivity index (χ0) is 21.0. The molecule has 3 aromatic rings. The molecule has 0 atom stereocenters. The van der Waals surface area contributed by atoms with Crippen molar-refractivity contribution < 1.29 is 0 Å². The molecule has 30 heavy (non-hydrogen) atoms. The number of imidazole rings is 2. The predicted octanol–water partition coefficient (Wildman–Crippen LogP) is 0.427. The van der Waals surface area contributed by atoms with Gasteiger partial charge >= 0.3 is 0 Å². The normalized spacial score (nSPS) is 12.1. The molecule has 158 valence electrons. The fraction of sp³-hybridized carbons (Fsp3) is 0.300. The van der Waals surface area contributed by atoms with Crippen LogP contribution >= 0.6 is 0 Å². The Morgan fingerprint density at radius 2 is 1.33 bits per heavy atom. The van der Waals surface area contributed by atoms with Crippen LogP contribution in [0.4, 0.5) is 0 Å². The van der Waals surface area contributed by atoms with Gasteiger partial charge in [0.2, 0.25) is 0 Å². The summed E-state index contributed by atoms with van der Waals surface area (Å²) in [5, 5.41) is 6.21. The lowest BCUT2D eigenvalue weighted by Crippen LogP contribution is -2.33. The van der Waals surface area contributed by atoms with Gasteiger partial charge in [0, 0.05) is 49.7 Å². The van der Waals surface area contributed by atoms with E-state index in [-0.39, 0.29) is 0 Å². The molecule has 0 fully saturated rings. The molecule has 0 bridgehead atoms. The first-order chi connectivity index (χ1) is 14.7. The standard InChI is InChI=1S/C20H28N10/c21-19(25-6-4-17-11-23-13-29-17)27-9-15-2-1-3-16(8-15)10-28-20(22)26-7-5-18-12-24-14-30-18/h1-3,8,11-14H,4-7,9-10H2,(H,23,29)(H,24,30)(H3,21,25,27)(H3,22,26,28). The molecule has 0 amide bonds. The van der Waals surface area contributed by atoms with Crippen molar-refractivity contribution in [2.24, 2.45) is 21.5 Å². The number of hydrogen-bond acceptors (Lipinski definition) is 4. The summed E-state index contributed by atoms with van der Waals surface area (Å²) in [6, 6.07) is 8.07. The Balaban J connectivity index is 1.40. The molecule has 2 aromatic heterocycles. The van der Waals surface area contributed by atoms with Crippen LogP contribution in [0, 0.1) is 0 Å². The van der Waals surface area contributed by atoms with E-state index < -0.39 is 0 Å². The molecule has 1 aromatic carbocycles. The number of benzene rings is 1. The predicted molar refractivity (Wildman–Crippen MR) is 118 cm³/mol. The molecule has 0 spiro atoms. The van der Waals surface area contributed by atoms with Gasteiger partial charge in [0.05, 0.1) is 25.7 Å². The lowest BCUT2D eigenvalue weighted by Gasteiger charge is -2.06. The van der Waals surface area contributed by atoms with Gasteiger partial charge in [-0.05, 0) is 11.1 Å². The van der Waals surface area contributed by atoms with Crippen molar-refractivity contribution in [3.8, 4) is 0 Å². The average molecular weight is 409 g/mol. The second-order valence-electron chi connectivity index (χ2n) is 6.73. The monoisotopic (exact) mass is 408 g/mol. The molecule has 2 heterocycles. The summed E-state index contributed by atoms with van der Waals surface area (Å²) in [7, 11) is 0. The Morgan fingerprint density at radius 3 is 1.77 bits per heavy atom. The first-order valence-corrected chi connectivity index (χ1v) is 9.79. The van der Waals surface area contributed by atoms with E-state index in [2.05, 4.69) is 46.6 Å². The van der Waals surface area contributed by atoms with Crippen molar-refractivity contribution in [3.63, 3.8) is 0 Å². The van der Waals surface area contributed by atoms with Crippen LogP contribution in [-0.2, 0) is 25.9 Å². The smallest absolute Gasteiger partial charge is 0.188 e. The molecular weight excluding hydrogens is 380 g/mol. The van der Waals surface area contributed by atoms with E-state index in [1.54, 1.807) is 25.0 Å². The zero-order valence-corrected chi connectivity index (χ0v) is 16.8. The highest BCUT2D eigenvalue weighted by molar-refractivity contribution is 5.78. The van der Waals surface area contributed by atoms with Crippen molar-refractivity contribution in [3.05, 3.63) is 71.8 Å². The molecule has 0 aliphatic rings. The maximum Gasteiger partial charge on any atom is 0.188 e. The molecule has 0 saturated heterocycles. The number of H-pyrrole nitrogens is 2. The van der Waals surface area contributed by atoms with Gasteiger partial charge in [0.1, 0.15) is 0 Å². The minimum Gasteiger partial charge on any atom is -0.370 e. The lowest BCUT2D eigenvalue weighted by molar-refractivity contribution is 0.831. The minimum absolute atomic E-state index is 0.420. The van der Waals surface area contributed by atoms with Crippen LogP contribution in [0.25, 0.3) is 0 Å². The summed E-state index contributed by atoms with van der Waals surface area (Å²) in [5.74, 6) is 0.840.